The summed E-state index contributed by atoms with van der Waals surface area (Å²) in [5, 5.41) is 10.6. The second-order valence-corrected chi connectivity index (χ2v) is 29.3. The van der Waals surface area contributed by atoms with Gasteiger partial charge in [0.05, 0.1) is 26.4 Å². The Hall–Kier alpha value is -1.94. The van der Waals surface area contributed by atoms with Crippen LogP contribution >= 0.6 is 15.6 Å². The van der Waals surface area contributed by atoms with E-state index < -0.39 is 97.5 Å². The van der Waals surface area contributed by atoms with Crippen molar-refractivity contribution in [2.75, 3.05) is 39.6 Å². The molecule has 0 aliphatic carbocycles. The average molecular weight is 1300 g/mol. The molecule has 0 saturated heterocycles. The van der Waals surface area contributed by atoms with E-state index in [1.54, 1.807) is 0 Å². The van der Waals surface area contributed by atoms with E-state index in [1.165, 1.54) is 148 Å². The Labute approximate surface area is 537 Å². The predicted octanol–water partition coefficient (Wildman–Crippen LogP) is 19.5. The van der Waals surface area contributed by atoms with Crippen molar-refractivity contribution in [2.45, 2.75) is 362 Å². The van der Waals surface area contributed by atoms with Gasteiger partial charge in [-0.25, -0.2) is 9.13 Å². The van der Waals surface area contributed by atoms with Crippen LogP contribution in [0.15, 0.2) is 0 Å². The SMILES string of the molecule is CCCCCCCCCCCCCCCCC(=O)OC[C@H](COP(=O)(O)OC[C@@H](O)COP(=O)(O)OC[C@@H](COC(=O)CCCCCCCCCC(C)C)OC(=O)CCCCCCCCCC(C)C)OC(=O)CCCCCCCCCCCCCC(C)C. The summed E-state index contributed by atoms with van der Waals surface area (Å²) in [5.74, 6) is 0.0362. The van der Waals surface area contributed by atoms with Gasteiger partial charge in [-0.15, -0.1) is 0 Å². The lowest BCUT2D eigenvalue weighted by molar-refractivity contribution is -0.161. The quantitative estimate of drug-likeness (QED) is 0.0222. The third-order valence-electron chi connectivity index (χ3n) is 15.9. The van der Waals surface area contributed by atoms with E-state index in [-0.39, 0.29) is 25.7 Å². The first-order valence-electron chi connectivity index (χ1n) is 35.8. The summed E-state index contributed by atoms with van der Waals surface area (Å²) in [6, 6.07) is 0. The van der Waals surface area contributed by atoms with E-state index in [1.807, 2.05) is 0 Å². The maximum atomic E-state index is 13.0. The van der Waals surface area contributed by atoms with Crippen LogP contribution in [-0.4, -0.2) is 96.7 Å². The second kappa shape index (κ2) is 60.0. The van der Waals surface area contributed by atoms with Crippen molar-refractivity contribution in [1.82, 2.24) is 0 Å². The first kappa shape index (κ1) is 86.1. The highest BCUT2D eigenvalue weighted by molar-refractivity contribution is 7.47. The molecule has 0 aromatic rings. The Morgan fingerprint density at radius 1 is 0.307 bits per heavy atom. The first-order chi connectivity index (χ1) is 42.2. The van der Waals surface area contributed by atoms with Crippen LogP contribution in [0.25, 0.3) is 0 Å². The summed E-state index contributed by atoms with van der Waals surface area (Å²) in [6.07, 6.45) is 43.2. The molecule has 0 fully saturated rings. The summed E-state index contributed by atoms with van der Waals surface area (Å²) in [5.41, 5.74) is 0. The minimum atomic E-state index is -4.95. The van der Waals surface area contributed by atoms with Gasteiger partial charge in [-0.05, 0) is 43.4 Å². The molecule has 0 spiro atoms. The number of hydrogen-bond donors (Lipinski definition) is 3. The largest absolute Gasteiger partial charge is 0.472 e. The van der Waals surface area contributed by atoms with Gasteiger partial charge in [0.15, 0.2) is 12.2 Å². The number of unbranched alkanes of at least 4 members (excludes halogenated alkanes) is 35. The Morgan fingerprint density at radius 3 is 0.773 bits per heavy atom. The number of phosphoric ester groups is 2. The van der Waals surface area contributed by atoms with Crippen LogP contribution in [0.4, 0.5) is 0 Å². The summed E-state index contributed by atoms with van der Waals surface area (Å²) in [6.45, 7) is 11.7. The number of ether oxygens (including phenoxy) is 4. The van der Waals surface area contributed by atoms with Crippen molar-refractivity contribution in [3.63, 3.8) is 0 Å². The molecular weight excluding hydrogens is 1160 g/mol. The lowest BCUT2D eigenvalue weighted by atomic mass is 10.0. The molecule has 0 rings (SSSR count). The molecule has 0 aromatic carbocycles. The van der Waals surface area contributed by atoms with Gasteiger partial charge in [0, 0.05) is 25.7 Å². The molecule has 0 radical (unpaired) electrons. The van der Waals surface area contributed by atoms with E-state index >= 15 is 0 Å². The Balaban J connectivity index is 5.25. The second-order valence-electron chi connectivity index (χ2n) is 26.3. The van der Waals surface area contributed by atoms with Gasteiger partial charge in [0.1, 0.15) is 19.3 Å². The Morgan fingerprint density at radius 2 is 0.523 bits per heavy atom. The highest BCUT2D eigenvalue weighted by Crippen LogP contribution is 2.45. The maximum Gasteiger partial charge on any atom is 0.472 e. The molecule has 0 aliphatic rings. The standard InChI is InChI=1S/C69H134O17P2/c1-8-9-10-11-12-13-14-15-16-19-22-29-36-43-50-66(71)79-56-64(85-68(73)52-45-38-30-23-20-17-18-21-26-33-40-47-60(2)3)58-83-87(75,76)81-54-63(70)55-82-88(77,78)84-59-65(86-69(74)53-46-39-32-25-28-35-42-49-62(6)7)57-80-67(72)51-44-37-31-24-27-34-41-48-61(4)5/h60-65,70H,8-59H2,1-7H3,(H,75,76)(H,77,78)/t63-,64-,65-/m1/s1. The molecule has 88 heavy (non-hydrogen) atoms. The van der Waals surface area contributed by atoms with Gasteiger partial charge in [-0.3, -0.25) is 37.3 Å². The van der Waals surface area contributed by atoms with Gasteiger partial charge >= 0.3 is 39.5 Å². The zero-order chi connectivity index (χ0) is 65.2. The molecule has 19 heteroatoms. The molecule has 522 valence electrons. The average Bonchev–Trinajstić information content (AvgIpc) is 3.55. The van der Waals surface area contributed by atoms with Gasteiger partial charge in [-0.1, -0.05) is 292 Å². The maximum absolute atomic E-state index is 13.0. The minimum absolute atomic E-state index is 0.102. The van der Waals surface area contributed by atoms with Crippen molar-refractivity contribution < 1.29 is 80.2 Å². The van der Waals surface area contributed by atoms with Gasteiger partial charge in [0.25, 0.3) is 0 Å². The fourth-order valence-electron chi connectivity index (χ4n) is 10.4. The van der Waals surface area contributed by atoms with Crippen molar-refractivity contribution in [3.8, 4) is 0 Å². The number of aliphatic hydroxyl groups excluding tert-OH is 1. The van der Waals surface area contributed by atoms with E-state index in [4.69, 9.17) is 37.0 Å². The molecule has 5 atom stereocenters. The van der Waals surface area contributed by atoms with E-state index in [9.17, 15) is 43.2 Å². The highest BCUT2D eigenvalue weighted by atomic mass is 31.2. The molecule has 3 N–H and O–H groups in total. The van der Waals surface area contributed by atoms with Crippen LogP contribution < -0.4 is 0 Å². The third-order valence-corrected chi connectivity index (χ3v) is 17.8. The molecule has 0 amide bonds. The number of carbonyl (C=O) groups is 4. The monoisotopic (exact) mass is 1300 g/mol. The van der Waals surface area contributed by atoms with E-state index in [0.717, 1.165) is 102 Å². The lowest BCUT2D eigenvalue weighted by Gasteiger charge is -2.21. The third kappa shape index (κ3) is 62.8. The van der Waals surface area contributed by atoms with Crippen LogP contribution in [0.5, 0.6) is 0 Å². The highest BCUT2D eigenvalue weighted by Gasteiger charge is 2.30. The summed E-state index contributed by atoms with van der Waals surface area (Å²) >= 11 is 0. The molecule has 0 saturated carbocycles. The van der Waals surface area contributed by atoms with Gasteiger partial charge in [0.2, 0.25) is 0 Å². The Bertz CT molecular complexity index is 1730. The van der Waals surface area contributed by atoms with E-state index in [2.05, 4.69) is 48.5 Å². The fourth-order valence-corrected chi connectivity index (χ4v) is 11.9. The van der Waals surface area contributed by atoms with Crippen molar-refractivity contribution in [2.24, 2.45) is 17.8 Å². The lowest BCUT2D eigenvalue weighted by Crippen LogP contribution is -2.30. The van der Waals surface area contributed by atoms with Gasteiger partial charge < -0.3 is 33.8 Å². The number of rotatable bonds is 67. The molecule has 17 nitrogen and oxygen atoms in total. The number of carbonyl (C=O) groups excluding carboxylic acids is 4. The van der Waals surface area contributed by atoms with Crippen LogP contribution in [0.1, 0.15) is 344 Å². The summed E-state index contributed by atoms with van der Waals surface area (Å²) in [7, 11) is -9.90. The van der Waals surface area contributed by atoms with E-state index in [0.29, 0.717) is 37.5 Å². The molecule has 0 aliphatic heterocycles. The summed E-state index contributed by atoms with van der Waals surface area (Å²) < 4.78 is 68.2. The Kier molecular flexibility index (Phi) is 58.7. The molecule has 0 heterocycles. The molecular formula is C69H134O17P2. The van der Waals surface area contributed by atoms with Gasteiger partial charge in [-0.2, -0.15) is 0 Å². The predicted molar refractivity (Wildman–Crippen MR) is 354 cm³/mol. The number of esters is 4. The zero-order valence-electron chi connectivity index (χ0n) is 57.2. The van der Waals surface area contributed by atoms with Crippen molar-refractivity contribution in [1.29, 1.82) is 0 Å². The number of hydrogen-bond acceptors (Lipinski definition) is 15. The smallest absolute Gasteiger partial charge is 0.462 e. The van der Waals surface area contributed by atoms with Crippen LogP contribution in [-0.2, 0) is 65.4 Å². The minimum Gasteiger partial charge on any atom is -0.462 e. The molecule has 0 bridgehead atoms. The van der Waals surface area contributed by atoms with Crippen LogP contribution in [0.2, 0.25) is 0 Å². The normalized spacial score (nSPS) is 14.2. The molecule has 2 unspecified atom stereocenters. The topological polar surface area (TPSA) is 237 Å². The zero-order valence-corrected chi connectivity index (χ0v) is 59.0. The number of phosphoric acid groups is 2. The van der Waals surface area contributed by atoms with Crippen molar-refractivity contribution in [3.05, 3.63) is 0 Å². The summed E-state index contributed by atoms with van der Waals surface area (Å²) in [4.78, 5) is 72.5. The number of aliphatic hydroxyl groups is 1. The first-order valence-corrected chi connectivity index (χ1v) is 38.8. The van der Waals surface area contributed by atoms with Crippen LogP contribution in [0.3, 0.4) is 0 Å². The molecule has 0 aromatic heterocycles. The fraction of sp³-hybridized carbons (Fsp3) is 0.942. The van der Waals surface area contributed by atoms with Crippen LogP contribution in [0, 0.1) is 17.8 Å². The van der Waals surface area contributed by atoms with Crippen molar-refractivity contribution >= 4 is 39.5 Å².